The topological polar surface area (TPSA) is 47.3 Å². The Balaban J connectivity index is 2.39. The van der Waals surface area contributed by atoms with Crippen molar-refractivity contribution in [1.29, 1.82) is 0 Å². The van der Waals surface area contributed by atoms with Crippen LogP contribution in [0, 0.1) is 0 Å². The lowest BCUT2D eigenvalue weighted by molar-refractivity contribution is 0.186. The molecule has 13 heavy (non-hydrogen) atoms. The van der Waals surface area contributed by atoms with Crippen molar-refractivity contribution in [3.63, 3.8) is 0 Å². The highest BCUT2D eigenvalue weighted by Gasteiger charge is 2.13. The molecule has 0 heterocycles. The van der Waals surface area contributed by atoms with E-state index in [-0.39, 0.29) is 0 Å². The van der Waals surface area contributed by atoms with Crippen LogP contribution in [0.15, 0.2) is 11.6 Å². The molecule has 0 aromatic heterocycles. The molecule has 1 atom stereocenters. The van der Waals surface area contributed by atoms with Crippen LogP contribution in [0.4, 0.5) is 0 Å². The number of hydrazine groups is 1. The molecule has 0 bridgehead atoms. The van der Waals surface area contributed by atoms with E-state index in [9.17, 15) is 0 Å². The zero-order chi connectivity index (χ0) is 9.52. The van der Waals surface area contributed by atoms with Gasteiger partial charge < -0.3 is 4.74 Å². The zero-order valence-corrected chi connectivity index (χ0v) is 8.38. The SMILES string of the molecule is COCCC(NN)C1=CCCCC1. The summed E-state index contributed by atoms with van der Waals surface area (Å²) in [4.78, 5) is 0. The second kappa shape index (κ2) is 6.13. The summed E-state index contributed by atoms with van der Waals surface area (Å²) in [5.74, 6) is 5.50. The number of hydrogen-bond acceptors (Lipinski definition) is 3. The second-order valence-electron chi connectivity index (χ2n) is 3.53. The molecule has 0 spiro atoms. The smallest absolute Gasteiger partial charge is 0.0480 e. The van der Waals surface area contributed by atoms with Crippen molar-refractivity contribution < 1.29 is 4.74 Å². The Hall–Kier alpha value is -0.380. The molecule has 0 aliphatic heterocycles. The first-order valence-corrected chi connectivity index (χ1v) is 5.02. The van der Waals surface area contributed by atoms with Gasteiger partial charge in [0, 0.05) is 19.8 Å². The van der Waals surface area contributed by atoms with Crippen LogP contribution in [-0.2, 0) is 4.74 Å². The summed E-state index contributed by atoms with van der Waals surface area (Å²) < 4.78 is 5.04. The molecule has 76 valence electrons. The minimum atomic E-state index is 0.320. The van der Waals surface area contributed by atoms with Crippen molar-refractivity contribution in [1.82, 2.24) is 5.43 Å². The Labute approximate surface area is 80.3 Å². The van der Waals surface area contributed by atoms with Crippen LogP contribution < -0.4 is 11.3 Å². The molecule has 3 N–H and O–H groups in total. The first kappa shape index (κ1) is 10.7. The molecule has 0 aromatic carbocycles. The third-order valence-electron chi connectivity index (χ3n) is 2.59. The van der Waals surface area contributed by atoms with E-state index in [1.165, 1.54) is 31.3 Å². The monoisotopic (exact) mass is 184 g/mol. The Bertz CT molecular complexity index is 168. The van der Waals surface area contributed by atoms with E-state index in [4.69, 9.17) is 10.6 Å². The molecule has 1 unspecified atom stereocenters. The molecule has 0 radical (unpaired) electrons. The lowest BCUT2D eigenvalue weighted by Gasteiger charge is -2.22. The zero-order valence-electron chi connectivity index (χ0n) is 8.38. The summed E-state index contributed by atoms with van der Waals surface area (Å²) in [6.45, 7) is 0.770. The van der Waals surface area contributed by atoms with Crippen LogP contribution in [0.1, 0.15) is 32.1 Å². The lowest BCUT2D eigenvalue weighted by Crippen LogP contribution is -2.37. The Morgan fingerprint density at radius 1 is 1.62 bits per heavy atom. The van der Waals surface area contributed by atoms with Gasteiger partial charge in [0.2, 0.25) is 0 Å². The van der Waals surface area contributed by atoms with Gasteiger partial charge in [-0.2, -0.15) is 0 Å². The fourth-order valence-electron chi connectivity index (χ4n) is 1.79. The summed E-state index contributed by atoms with van der Waals surface area (Å²) in [5, 5.41) is 0. The third-order valence-corrected chi connectivity index (χ3v) is 2.59. The molecular weight excluding hydrogens is 164 g/mol. The maximum atomic E-state index is 5.50. The summed E-state index contributed by atoms with van der Waals surface area (Å²) >= 11 is 0. The van der Waals surface area contributed by atoms with Crippen molar-refractivity contribution in [2.75, 3.05) is 13.7 Å². The molecule has 0 aromatic rings. The maximum absolute atomic E-state index is 5.50. The molecule has 1 rings (SSSR count). The van der Waals surface area contributed by atoms with Crippen molar-refractivity contribution in [3.05, 3.63) is 11.6 Å². The second-order valence-corrected chi connectivity index (χ2v) is 3.53. The van der Waals surface area contributed by atoms with Crippen molar-refractivity contribution in [2.24, 2.45) is 5.84 Å². The van der Waals surface area contributed by atoms with Gasteiger partial charge in [-0.3, -0.25) is 11.3 Å². The van der Waals surface area contributed by atoms with Gasteiger partial charge in [-0.05, 0) is 32.1 Å². The first-order valence-electron chi connectivity index (χ1n) is 5.02. The number of nitrogens with one attached hydrogen (secondary N) is 1. The molecule has 3 nitrogen and oxygen atoms in total. The van der Waals surface area contributed by atoms with Gasteiger partial charge in [-0.1, -0.05) is 11.6 Å². The molecule has 1 aliphatic rings. The van der Waals surface area contributed by atoms with E-state index >= 15 is 0 Å². The minimum absolute atomic E-state index is 0.320. The van der Waals surface area contributed by atoms with E-state index in [0.29, 0.717) is 6.04 Å². The van der Waals surface area contributed by atoms with Crippen LogP contribution in [0.25, 0.3) is 0 Å². The van der Waals surface area contributed by atoms with Gasteiger partial charge in [0.15, 0.2) is 0 Å². The van der Waals surface area contributed by atoms with Gasteiger partial charge >= 0.3 is 0 Å². The summed E-state index contributed by atoms with van der Waals surface area (Å²) in [5.41, 5.74) is 4.32. The van der Waals surface area contributed by atoms with Crippen LogP contribution >= 0.6 is 0 Å². The predicted molar refractivity (Wildman–Crippen MR) is 54.2 cm³/mol. The summed E-state index contributed by atoms with van der Waals surface area (Å²) in [7, 11) is 1.73. The largest absolute Gasteiger partial charge is 0.385 e. The fraction of sp³-hybridized carbons (Fsp3) is 0.800. The highest BCUT2D eigenvalue weighted by molar-refractivity contribution is 5.12. The van der Waals surface area contributed by atoms with Crippen LogP contribution in [-0.4, -0.2) is 19.8 Å². The van der Waals surface area contributed by atoms with Crippen LogP contribution in [0.2, 0.25) is 0 Å². The van der Waals surface area contributed by atoms with Crippen molar-refractivity contribution >= 4 is 0 Å². The van der Waals surface area contributed by atoms with E-state index in [1.54, 1.807) is 7.11 Å². The maximum Gasteiger partial charge on any atom is 0.0480 e. The summed E-state index contributed by atoms with van der Waals surface area (Å²) in [6, 6.07) is 0.320. The van der Waals surface area contributed by atoms with Gasteiger partial charge in [-0.25, -0.2) is 0 Å². The lowest BCUT2D eigenvalue weighted by atomic mass is 9.93. The van der Waals surface area contributed by atoms with E-state index in [0.717, 1.165) is 13.0 Å². The molecule has 1 aliphatic carbocycles. The number of nitrogens with two attached hydrogens (primary N) is 1. The van der Waals surface area contributed by atoms with Gasteiger partial charge in [0.25, 0.3) is 0 Å². The van der Waals surface area contributed by atoms with Gasteiger partial charge in [0.1, 0.15) is 0 Å². The number of rotatable bonds is 5. The Morgan fingerprint density at radius 3 is 3.00 bits per heavy atom. The van der Waals surface area contributed by atoms with Gasteiger partial charge in [-0.15, -0.1) is 0 Å². The van der Waals surface area contributed by atoms with Crippen LogP contribution in [0.5, 0.6) is 0 Å². The number of ether oxygens (including phenoxy) is 1. The molecule has 0 fully saturated rings. The number of methoxy groups -OCH3 is 1. The molecular formula is C10H20N2O. The van der Waals surface area contributed by atoms with Crippen molar-refractivity contribution in [2.45, 2.75) is 38.1 Å². The van der Waals surface area contributed by atoms with E-state index < -0.39 is 0 Å². The molecule has 0 saturated carbocycles. The highest BCUT2D eigenvalue weighted by Crippen LogP contribution is 2.21. The number of allylic oxidation sites excluding steroid dienone is 1. The number of hydrogen-bond donors (Lipinski definition) is 2. The molecule has 0 saturated heterocycles. The average molecular weight is 184 g/mol. The standard InChI is InChI=1S/C10H20N2O/c1-13-8-7-10(12-11)9-5-3-2-4-6-9/h5,10,12H,2-4,6-8,11H2,1H3. The normalized spacial score (nSPS) is 19.7. The Kier molecular flexibility index (Phi) is 5.05. The Morgan fingerprint density at radius 2 is 2.46 bits per heavy atom. The van der Waals surface area contributed by atoms with Gasteiger partial charge in [0.05, 0.1) is 0 Å². The minimum Gasteiger partial charge on any atom is -0.385 e. The third kappa shape index (κ3) is 3.46. The highest BCUT2D eigenvalue weighted by atomic mass is 16.5. The first-order chi connectivity index (χ1) is 6.38. The van der Waals surface area contributed by atoms with Crippen LogP contribution in [0.3, 0.4) is 0 Å². The molecule has 0 amide bonds. The fourth-order valence-corrected chi connectivity index (χ4v) is 1.79. The molecule has 3 heteroatoms. The van der Waals surface area contributed by atoms with E-state index in [1.807, 2.05) is 0 Å². The average Bonchev–Trinajstić information content (AvgIpc) is 2.21. The summed E-state index contributed by atoms with van der Waals surface area (Å²) in [6.07, 6.45) is 8.32. The van der Waals surface area contributed by atoms with Crippen molar-refractivity contribution in [3.8, 4) is 0 Å². The van der Waals surface area contributed by atoms with E-state index in [2.05, 4.69) is 11.5 Å². The quantitative estimate of drug-likeness (QED) is 0.385. The predicted octanol–water partition coefficient (Wildman–Crippen LogP) is 1.36.